The van der Waals surface area contributed by atoms with Crippen LogP contribution in [0, 0.1) is 13.8 Å². The molecular weight excluding hydrogens is 241 g/mol. The van der Waals surface area contributed by atoms with Gasteiger partial charge in [0, 0.05) is 12.2 Å². The number of nitrogens with zero attached hydrogens (tertiary/aromatic N) is 2. The van der Waals surface area contributed by atoms with Crippen LogP contribution in [0.25, 0.3) is 0 Å². The van der Waals surface area contributed by atoms with Gasteiger partial charge in [0.15, 0.2) is 0 Å². The lowest BCUT2D eigenvalue weighted by Gasteiger charge is -2.09. The summed E-state index contributed by atoms with van der Waals surface area (Å²) in [6, 6.07) is 5.21. The molecule has 0 saturated heterocycles. The highest BCUT2D eigenvalue weighted by Crippen LogP contribution is 2.29. The maximum atomic E-state index is 12.4. The number of rotatable bonds is 2. The van der Waals surface area contributed by atoms with Crippen LogP contribution in [0.3, 0.4) is 0 Å². The van der Waals surface area contributed by atoms with Crippen molar-refractivity contribution in [1.82, 2.24) is 9.55 Å². The van der Waals surface area contributed by atoms with Gasteiger partial charge in [0.05, 0.1) is 17.6 Å². The Kier molecular flexibility index (Phi) is 3.15. The Balaban J connectivity index is 2.19. The third-order valence-corrected chi connectivity index (χ3v) is 2.98. The van der Waals surface area contributed by atoms with E-state index in [1.54, 1.807) is 6.33 Å². The van der Waals surface area contributed by atoms with Crippen molar-refractivity contribution in [3.05, 3.63) is 53.1 Å². The number of hydrogen-bond donors (Lipinski definition) is 0. The number of benzene rings is 1. The summed E-state index contributed by atoms with van der Waals surface area (Å²) < 4.78 is 39.1. The molecule has 96 valence electrons. The van der Waals surface area contributed by atoms with E-state index in [2.05, 4.69) is 4.98 Å². The summed E-state index contributed by atoms with van der Waals surface area (Å²) in [4.78, 5) is 4.15. The van der Waals surface area contributed by atoms with Gasteiger partial charge in [-0.1, -0.05) is 12.1 Å². The van der Waals surface area contributed by atoms with Gasteiger partial charge < -0.3 is 4.57 Å². The second-order valence-electron chi connectivity index (χ2n) is 4.24. The first-order valence-electron chi connectivity index (χ1n) is 5.52. The molecule has 1 aromatic heterocycles. The zero-order valence-corrected chi connectivity index (χ0v) is 10.1. The molecule has 1 heterocycles. The summed E-state index contributed by atoms with van der Waals surface area (Å²) in [7, 11) is 0. The molecule has 2 nitrogen and oxygen atoms in total. The maximum Gasteiger partial charge on any atom is 0.416 e. The largest absolute Gasteiger partial charge is 0.416 e. The summed E-state index contributed by atoms with van der Waals surface area (Å²) in [5, 5.41) is 0. The second-order valence-corrected chi connectivity index (χ2v) is 4.24. The van der Waals surface area contributed by atoms with E-state index in [-0.39, 0.29) is 0 Å². The predicted molar refractivity (Wildman–Crippen MR) is 62.2 cm³/mol. The number of hydrogen-bond acceptors (Lipinski definition) is 1. The molecule has 0 atom stereocenters. The first kappa shape index (κ1) is 12.7. The van der Waals surface area contributed by atoms with E-state index in [4.69, 9.17) is 0 Å². The number of alkyl halides is 3. The average Bonchev–Trinajstić information content (AvgIpc) is 2.61. The van der Waals surface area contributed by atoms with Gasteiger partial charge in [-0.05, 0) is 31.5 Å². The fourth-order valence-electron chi connectivity index (χ4n) is 1.70. The van der Waals surface area contributed by atoms with Crippen LogP contribution in [0.15, 0.2) is 30.6 Å². The molecule has 18 heavy (non-hydrogen) atoms. The quantitative estimate of drug-likeness (QED) is 0.801. The number of aryl methyl sites for hydroxylation is 1. The fourth-order valence-corrected chi connectivity index (χ4v) is 1.70. The first-order chi connectivity index (χ1) is 8.38. The summed E-state index contributed by atoms with van der Waals surface area (Å²) >= 11 is 0. The summed E-state index contributed by atoms with van der Waals surface area (Å²) in [6.07, 6.45) is -2.58. The van der Waals surface area contributed by atoms with E-state index in [1.165, 1.54) is 12.1 Å². The van der Waals surface area contributed by atoms with Crippen LogP contribution in [0.2, 0.25) is 0 Å². The molecule has 0 aliphatic carbocycles. The van der Waals surface area contributed by atoms with Crippen LogP contribution >= 0.6 is 0 Å². The minimum Gasteiger partial charge on any atom is -0.330 e. The molecule has 1 aromatic carbocycles. The number of halogens is 3. The zero-order chi connectivity index (χ0) is 13.3. The fraction of sp³-hybridized carbons (Fsp3) is 0.308. The number of imidazole rings is 1. The third kappa shape index (κ3) is 2.55. The van der Waals surface area contributed by atoms with Crippen molar-refractivity contribution < 1.29 is 13.2 Å². The van der Waals surface area contributed by atoms with Crippen LogP contribution in [0.1, 0.15) is 22.5 Å². The van der Waals surface area contributed by atoms with E-state index < -0.39 is 11.7 Å². The maximum absolute atomic E-state index is 12.4. The normalized spacial score (nSPS) is 11.8. The lowest BCUT2D eigenvalue weighted by atomic mass is 10.1. The molecule has 0 radical (unpaired) electrons. The summed E-state index contributed by atoms with van der Waals surface area (Å²) in [5.41, 5.74) is 2.16. The lowest BCUT2D eigenvalue weighted by molar-refractivity contribution is -0.137. The molecule has 2 aromatic rings. The Bertz CT molecular complexity index is 538. The second kappa shape index (κ2) is 4.48. The molecule has 5 heteroatoms. The molecule has 0 fully saturated rings. The molecular formula is C13H13F3N2. The predicted octanol–water partition coefficient (Wildman–Crippen LogP) is 3.57. The Labute approximate surface area is 103 Å². The molecule has 0 N–H and O–H groups in total. The van der Waals surface area contributed by atoms with E-state index >= 15 is 0 Å². The standard InChI is InChI=1S/C13H13F3N2/c1-9-10(2)18(8-17-9)7-11-3-5-12(6-4-11)13(14,15)16/h3-6,8H,7H2,1-2H3. The van der Waals surface area contributed by atoms with Crippen molar-refractivity contribution >= 4 is 0 Å². The molecule has 2 rings (SSSR count). The van der Waals surface area contributed by atoms with Gasteiger partial charge in [0.25, 0.3) is 0 Å². The van der Waals surface area contributed by atoms with Crippen molar-refractivity contribution in [3.63, 3.8) is 0 Å². The minimum atomic E-state index is -4.28. The van der Waals surface area contributed by atoms with Crippen LogP contribution in [0.5, 0.6) is 0 Å². The van der Waals surface area contributed by atoms with E-state index in [1.807, 2.05) is 18.4 Å². The monoisotopic (exact) mass is 254 g/mol. The molecule has 0 bridgehead atoms. The van der Waals surface area contributed by atoms with Crippen molar-refractivity contribution in [2.75, 3.05) is 0 Å². The minimum absolute atomic E-state index is 0.533. The highest BCUT2D eigenvalue weighted by atomic mass is 19.4. The van der Waals surface area contributed by atoms with E-state index in [9.17, 15) is 13.2 Å². The van der Waals surface area contributed by atoms with Crippen molar-refractivity contribution in [2.24, 2.45) is 0 Å². The first-order valence-corrected chi connectivity index (χ1v) is 5.52. The highest BCUT2D eigenvalue weighted by molar-refractivity contribution is 5.25. The lowest BCUT2D eigenvalue weighted by Crippen LogP contribution is -2.05. The average molecular weight is 254 g/mol. The van der Waals surface area contributed by atoms with Crippen molar-refractivity contribution in [2.45, 2.75) is 26.6 Å². The molecule has 0 unspecified atom stereocenters. The smallest absolute Gasteiger partial charge is 0.330 e. The topological polar surface area (TPSA) is 17.8 Å². The van der Waals surface area contributed by atoms with Gasteiger partial charge >= 0.3 is 6.18 Å². The van der Waals surface area contributed by atoms with Gasteiger partial charge in [0.1, 0.15) is 0 Å². The van der Waals surface area contributed by atoms with Crippen molar-refractivity contribution in [1.29, 1.82) is 0 Å². The van der Waals surface area contributed by atoms with Crippen LogP contribution in [0.4, 0.5) is 13.2 Å². The third-order valence-electron chi connectivity index (χ3n) is 2.98. The Morgan fingerprint density at radius 2 is 1.72 bits per heavy atom. The Morgan fingerprint density at radius 3 is 2.17 bits per heavy atom. The van der Waals surface area contributed by atoms with Gasteiger partial charge in [-0.3, -0.25) is 0 Å². The Morgan fingerprint density at radius 1 is 1.11 bits per heavy atom. The molecule has 0 aliphatic heterocycles. The molecule has 0 aliphatic rings. The van der Waals surface area contributed by atoms with Crippen LogP contribution in [-0.2, 0) is 12.7 Å². The molecule has 0 spiro atoms. The zero-order valence-electron chi connectivity index (χ0n) is 10.1. The Hall–Kier alpha value is -1.78. The van der Waals surface area contributed by atoms with Crippen LogP contribution < -0.4 is 0 Å². The van der Waals surface area contributed by atoms with Crippen LogP contribution in [-0.4, -0.2) is 9.55 Å². The summed E-state index contributed by atoms with van der Waals surface area (Å²) in [6.45, 7) is 4.37. The summed E-state index contributed by atoms with van der Waals surface area (Å²) in [5.74, 6) is 0. The SMILES string of the molecule is Cc1ncn(Cc2ccc(C(F)(F)F)cc2)c1C. The van der Waals surface area contributed by atoms with Gasteiger partial charge in [-0.25, -0.2) is 4.98 Å². The van der Waals surface area contributed by atoms with E-state index in [0.29, 0.717) is 6.54 Å². The van der Waals surface area contributed by atoms with Gasteiger partial charge in [0.2, 0.25) is 0 Å². The van der Waals surface area contributed by atoms with Crippen molar-refractivity contribution in [3.8, 4) is 0 Å². The highest BCUT2D eigenvalue weighted by Gasteiger charge is 2.29. The van der Waals surface area contributed by atoms with Gasteiger partial charge in [-0.2, -0.15) is 13.2 Å². The molecule has 0 amide bonds. The van der Waals surface area contributed by atoms with E-state index in [0.717, 1.165) is 29.1 Å². The number of aromatic nitrogens is 2. The molecule has 0 saturated carbocycles. The van der Waals surface area contributed by atoms with Gasteiger partial charge in [-0.15, -0.1) is 0 Å².